The van der Waals surface area contributed by atoms with Crippen LogP contribution in [0.1, 0.15) is 51.1 Å². The fourth-order valence-electron chi connectivity index (χ4n) is 3.41. The first-order valence-corrected chi connectivity index (χ1v) is 10.5. The first-order valence-electron chi connectivity index (χ1n) is 9.06. The maximum atomic E-state index is 12.9. The van der Waals surface area contributed by atoms with Crippen LogP contribution in [0.4, 0.5) is 5.82 Å². The summed E-state index contributed by atoms with van der Waals surface area (Å²) >= 11 is 0. The molecule has 0 radical (unpaired) electrons. The zero-order valence-electron chi connectivity index (χ0n) is 15.3. The van der Waals surface area contributed by atoms with E-state index in [1.807, 2.05) is 13.8 Å². The largest absolute Gasteiger partial charge is 0.350 e. The minimum Gasteiger partial charge on any atom is -0.350 e. The van der Waals surface area contributed by atoms with E-state index in [0.717, 1.165) is 25.7 Å². The minimum atomic E-state index is -3.67. The van der Waals surface area contributed by atoms with Crippen LogP contribution in [-0.2, 0) is 19.5 Å². The van der Waals surface area contributed by atoms with Crippen LogP contribution < -0.4 is 16.0 Å². The van der Waals surface area contributed by atoms with Crippen molar-refractivity contribution in [1.82, 2.24) is 9.71 Å². The van der Waals surface area contributed by atoms with Crippen LogP contribution in [0.5, 0.6) is 0 Å². The fraction of sp³-hybridized carbons (Fsp3) is 0.706. The molecule has 1 saturated carbocycles. The number of nitrogens with zero attached hydrogens (tertiary/aromatic N) is 1. The van der Waals surface area contributed by atoms with E-state index in [-0.39, 0.29) is 23.3 Å². The second-order valence-electron chi connectivity index (χ2n) is 7.45. The number of hydrogen-bond acceptors (Lipinski definition) is 7. The van der Waals surface area contributed by atoms with Gasteiger partial charge in [0, 0.05) is 18.4 Å². The molecule has 0 atom stereocenters. The smallest absolute Gasteiger partial charge is 0.242 e. The molecule has 0 bridgehead atoms. The number of hydrogen-bond donors (Lipinski definition) is 3. The SMILES string of the molecule is CC1(C)OCC(CNS(=O)(=O)c2ccc(NN)nc2C2CCCC2)CO1. The van der Waals surface area contributed by atoms with Crippen molar-refractivity contribution in [2.75, 3.05) is 25.2 Å². The highest BCUT2D eigenvalue weighted by molar-refractivity contribution is 7.89. The first kappa shape index (κ1) is 19.5. The molecule has 2 fully saturated rings. The van der Waals surface area contributed by atoms with Crippen molar-refractivity contribution in [2.24, 2.45) is 11.8 Å². The molecule has 8 nitrogen and oxygen atoms in total. The molecule has 1 aliphatic carbocycles. The summed E-state index contributed by atoms with van der Waals surface area (Å²) in [4.78, 5) is 4.69. The molecule has 3 rings (SSSR count). The van der Waals surface area contributed by atoms with Crippen molar-refractivity contribution in [1.29, 1.82) is 0 Å². The second kappa shape index (κ2) is 7.77. The maximum absolute atomic E-state index is 12.9. The third-order valence-corrected chi connectivity index (χ3v) is 6.43. The summed E-state index contributed by atoms with van der Waals surface area (Å²) in [6.45, 7) is 4.87. The predicted molar refractivity (Wildman–Crippen MR) is 97.9 cm³/mol. The number of nitrogens with two attached hydrogens (primary N) is 1. The summed E-state index contributed by atoms with van der Waals surface area (Å²) in [6.07, 6.45) is 4.07. The molecule has 26 heavy (non-hydrogen) atoms. The molecule has 0 aromatic carbocycles. The number of nitrogens with one attached hydrogen (secondary N) is 2. The molecule has 0 unspecified atom stereocenters. The van der Waals surface area contributed by atoms with E-state index in [4.69, 9.17) is 15.3 Å². The van der Waals surface area contributed by atoms with Crippen molar-refractivity contribution >= 4 is 15.8 Å². The zero-order chi connectivity index (χ0) is 18.8. The lowest BCUT2D eigenvalue weighted by molar-refractivity contribution is -0.260. The van der Waals surface area contributed by atoms with Gasteiger partial charge in [-0.15, -0.1) is 0 Å². The van der Waals surface area contributed by atoms with Gasteiger partial charge in [0.25, 0.3) is 0 Å². The highest BCUT2D eigenvalue weighted by Gasteiger charge is 2.31. The number of sulfonamides is 1. The Morgan fingerprint density at radius 3 is 2.50 bits per heavy atom. The summed E-state index contributed by atoms with van der Waals surface area (Å²) < 4.78 is 39.7. The van der Waals surface area contributed by atoms with Crippen LogP contribution in [0.25, 0.3) is 0 Å². The van der Waals surface area contributed by atoms with Crippen LogP contribution in [0.3, 0.4) is 0 Å². The van der Waals surface area contributed by atoms with Gasteiger partial charge in [0.15, 0.2) is 5.79 Å². The summed E-state index contributed by atoms with van der Waals surface area (Å²) in [5.41, 5.74) is 3.10. The van der Waals surface area contributed by atoms with Crippen LogP contribution in [0.2, 0.25) is 0 Å². The molecular formula is C17H28N4O4S. The summed E-state index contributed by atoms with van der Waals surface area (Å²) in [5, 5.41) is 0. The van der Waals surface area contributed by atoms with Crippen molar-refractivity contribution in [2.45, 2.75) is 56.1 Å². The number of nitrogen functional groups attached to an aromatic ring is 1. The monoisotopic (exact) mass is 384 g/mol. The Morgan fingerprint density at radius 2 is 1.88 bits per heavy atom. The lowest BCUT2D eigenvalue weighted by Crippen LogP contribution is -2.43. The number of anilines is 1. The number of hydrazine groups is 1. The number of ether oxygens (including phenoxy) is 2. The Bertz CT molecular complexity index is 722. The summed E-state index contributed by atoms with van der Waals surface area (Å²) in [7, 11) is -3.67. The topological polar surface area (TPSA) is 116 Å². The highest BCUT2D eigenvalue weighted by Crippen LogP contribution is 2.36. The molecule has 9 heteroatoms. The molecular weight excluding hydrogens is 356 g/mol. The van der Waals surface area contributed by atoms with Gasteiger partial charge >= 0.3 is 0 Å². The van der Waals surface area contributed by atoms with Gasteiger partial charge in [0.2, 0.25) is 10.0 Å². The Kier molecular flexibility index (Phi) is 5.83. The Balaban J connectivity index is 1.74. The normalized spacial score (nSPS) is 21.8. The Labute approximate surface area is 154 Å². The molecule has 1 aromatic rings. The second-order valence-corrected chi connectivity index (χ2v) is 9.18. The third-order valence-electron chi connectivity index (χ3n) is 4.96. The number of pyridine rings is 1. The van der Waals surface area contributed by atoms with E-state index in [1.165, 1.54) is 0 Å². The van der Waals surface area contributed by atoms with Crippen molar-refractivity contribution in [3.05, 3.63) is 17.8 Å². The van der Waals surface area contributed by atoms with Crippen LogP contribution in [0, 0.1) is 5.92 Å². The minimum absolute atomic E-state index is 0.0225. The molecule has 2 aliphatic rings. The quantitative estimate of drug-likeness (QED) is 0.505. The molecule has 0 amide bonds. The lowest BCUT2D eigenvalue weighted by Gasteiger charge is -2.34. The molecule has 0 spiro atoms. The number of aromatic nitrogens is 1. The fourth-order valence-corrected chi connectivity index (χ4v) is 4.76. The van der Waals surface area contributed by atoms with E-state index >= 15 is 0 Å². The predicted octanol–water partition coefficient (Wildman–Crippen LogP) is 1.70. The van der Waals surface area contributed by atoms with Gasteiger partial charge in [-0.25, -0.2) is 24.0 Å². The average Bonchev–Trinajstić information content (AvgIpc) is 3.15. The third kappa shape index (κ3) is 4.52. The van der Waals surface area contributed by atoms with E-state index in [1.54, 1.807) is 12.1 Å². The highest BCUT2D eigenvalue weighted by atomic mass is 32.2. The molecule has 146 valence electrons. The van der Waals surface area contributed by atoms with Gasteiger partial charge in [-0.2, -0.15) is 0 Å². The molecule has 1 aliphatic heterocycles. The van der Waals surface area contributed by atoms with Gasteiger partial charge < -0.3 is 14.9 Å². The van der Waals surface area contributed by atoms with Gasteiger partial charge in [-0.3, -0.25) is 0 Å². The van der Waals surface area contributed by atoms with Gasteiger partial charge in [-0.05, 0) is 38.8 Å². The molecule has 1 aromatic heterocycles. The van der Waals surface area contributed by atoms with E-state index in [2.05, 4.69) is 15.1 Å². The lowest BCUT2D eigenvalue weighted by atomic mass is 10.0. The van der Waals surface area contributed by atoms with E-state index in [9.17, 15) is 8.42 Å². The van der Waals surface area contributed by atoms with Crippen molar-refractivity contribution in [3.8, 4) is 0 Å². The van der Waals surface area contributed by atoms with Crippen molar-refractivity contribution in [3.63, 3.8) is 0 Å². The Hall–Kier alpha value is -1.26. The summed E-state index contributed by atoms with van der Waals surface area (Å²) in [6, 6.07) is 3.16. The standard InChI is InChI=1S/C17H28N4O4S/c1-17(2)24-10-12(11-25-17)9-19-26(22,23)14-7-8-15(21-18)20-16(14)13-5-3-4-6-13/h7-8,12-13,19H,3-6,9-11,18H2,1-2H3,(H,20,21). The van der Waals surface area contributed by atoms with E-state index in [0.29, 0.717) is 24.7 Å². The van der Waals surface area contributed by atoms with Crippen LogP contribution >= 0.6 is 0 Å². The molecule has 1 saturated heterocycles. The van der Waals surface area contributed by atoms with Gasteiger partial charge in [-0.1, -0.05) is 12.8 Å². The average molecular weight is 385 g/mol. The number of rotatable bonds is 6. The van der Waals surface area contributed by atoms with Gasteiger partial charge in [0.05, 0.1) is 18.9 Å². The zero-order valence-corrected chi connectivity index (χ0v) is 16.1. The van der Waals surface area contributed by atoms with Crippen molar-refractivity contribution < 1.29 is 17.9 Å². The summed E-state index contributed by atoms with van der Waals surface area (Å²) in [5.74, 6) is 5.44. The van der Waals surface area contributed by atoms with Gasteiger partial charge in [0.1, 0.15) is 10.7 Å². The van der Waals surface area contributed by atoms with E-state index < -0.39 is 15.8 Å². The molecule has 2 heterocycles. The molecule has 4 N–H and O–H groups in total. The van der Waals surface area contributed by atoms with Crippen LogP contribution in [0.15, 0.2) is 17.0 Å². The van der Waals surface area contributed by atoms with Crippen LogP contribution in [-0.4, -0.2) is 38.9 Å². The maximum Gasteiger partial charge on any atom is 0.242 e. The first-order chi connectivity index (χ1) is 12.3. The Morgan fingerprint density at radius 1 is 1.23 bits per heavy atom.